The maximum Gasteiger partial charge on any atom is 0.343 e. The Morgan fingerprint density at radius 1 is 1.62 bits per heavy atom. The van der Waals surface area contributed by atoms with E-state index in [9.17, 15) is 4.79 Å². The number of carbonyl (C=O) groups is 1. The summed E-state index contributed by atoms with van der Waals surface area (Å²) in [5.74, 6) is -0.450. The van der Waals surface area contributed by atoms with Crippen LogP contribution < -0.4 is 0 Å². The van der Waals surface area contributed by atoms with Gasteiger partial charge in [-0.3, -0.25) is 0 Å². The Kier molecular flexibility index (Phi) is 1.66. The van der Waals surface area contributed by atoms with E-state index in [1.54, 1.807) is 0 Å². The van der Waals surface area contributed by atoms with Crippen molar-refractivity contribution >= 4 is 11.6 Å². The fraction of sp³-hybridized carbons (Fsp3) is 0.143. The van der Waals surface area contributed by atoms with Crippen LogP contribution in [0, 0.1) is 0 Å². The minimum Gasteiger partial charge on any atom is -0.465 e. The number of ether oxygens (including phenoxy) is 1. The predicted molar refractivity (Wildman–Crippen MR) is 42.1 cm³/mol. The fourth-order valence-electron chi connectivity index (χ4n) is 1.00. The molecule has 6 nitrogen and oxygen atoms in total. The molecule has 0 atom stereocenters. The van der Waals surface area contributed by atoms with Crippen LogP contribution in [0.4, 0.5) is 0 Å². The third kappa shape index (κ3) is 1.12. The van der Waals surface area contributed by atoms with Crippen LogP contribution in [0.2, 0.25) is 0 Å². The SMILES string of the molecule is COC(=O)c1cnn2cncnc12. The van der Waals surface area contributed by atoms with E-state index in [0.29, 0.717) is 11.2 Å². The highest BCUT2D eigenvalue weighted by molar-refractivity contribution is 5.95. The van der Waals surface area contributed by atoms with Gasteiger partial charge in [-0.05, 0) is 0 Å². The van der Waals surface area contributed by atoms with Gasteiger partial charge < -0.3 is 4.74 Å². The molecule has 2 heterocycles. The lowest BCUT2D eigenvalue weighted by Gasteiger charge is -1.94. The highest BCUT2D eigenvalue weighted by Gasteiger charge is 2.13. The lowest BCUT2D eigenvalue weighted by atomic mass is 10.3. The lowest BCUT2D eigenvalue weighted by molar-refractivity contribution is 0.0602. The number of rotatable bonds is 1. The van der Waals surface area contributed by atoms with Gasteiger partial charge in [0.1, 0.15) is 18.2 Å². The minimum atomic E-state index is -0.450. The number of nitrogens with zero attached hydrogens (tertiary/aromatic N) is 4. The van der Waals surface area contributed by atoms with Crippen LogP contribution in [0.1, 0.15) is 10.4 Å². The van der Waals surface area contributed by atoms with Crippen LogP contribution in [0.5, 0.6) is 0 Å². The molecule has 0 spiro atoms. The first kappa shape index (κ1) is 7.66. The second-order valence-corrected chi connectivity index (χ2v) is 2.33. The number of hydrogen-bond donors (Lipinski definition) is 0. The lowest BCUT2D eigenvalue weighted by Crippen LogP contribution is -2.01. The van der Waals surface area contributed by atoms with Gasteiger partial charge in [-0.1, -0.05) is 0 Å². The molecule has 0 saturated carbocycles. The van der Waals surface area contributed by atoms with Gasteiger partial charge in [0.05, 0.1) is 13.3 Å². The number of methoxy groups -OCH3 is 1. The number of fused-ring (bicyclic) bond motifs is 1. The first-order chi connectivity index (χ1) is 6.33. The van der Waals surface area contributed by atoms with E-state index in [-0.39, 0.29) is 0 Å². The zero-order valence-electron chi connectivity index (χ0n) is 6.84. The summed E-state index contributed by atoms with van der Waals surface area (Å²) in [5, 5.41) is 3.88. The number of carbonyl (C=O) groups excluding carboxylic acids is 1. The van der Waals surface area contributed by atoms with Gasteiger partial charge in [-0.2, -0.15) is 5.10 Å². The summed E-state index contributed by atoms with van der Waals surface area (Å²) in [6.45, 7) is 0. The van der Waals surface area contributed by atoms with Crippen LogP contribution in [0.25, 0.3) is 5.65 Å². The Hall–Kier alpha value is -1.98. The molecule has 0 aliphatic carbocycles. The Balaban J connectivity index is 2.64. The van der Waals surface area contributed by atoms with Crippen LogP contribution in [0.15, 0.2) is 18.9 Å². The summed E-state index contributed by atoms with van der Waals surface area (Å²) >= 11 is 0. The maximum absolute atomic E-state index is 11.2. The molecule has 6 heteroatoms. The van der Waals surface area contributed by atoms with Crippen LogP contribution in [-0.2, 0) is 4.74 Å². The summed E-state index contributed by atoms with van der Waals surface area (Å²) < 4.78 is 5.96. The molecule has 0 saturated heterocycles. The standard InChI is InChI=1S/C7H6N4O2/c1-13-7(12)5-2-10-11-4-8-3-9-6(5)11/h2-4H,1H3. The Morgan fingerprint density at radius 3 is 3.23 bits per heavy atom. The molecule has 0 aromatic carbocycles. The monoisotopic (exact) mass is 178 g/mol. The Labute approximate surface area is 73.2 Å². The Morgan fingerprint density at radius 2 is 2.46 bits per heavy atom. The van der Waals surface area contributed by atoms with E-state index < -0.39 is 5.97 Å². The van der Waals surface area contributed by atoms with Crippen molar-refractivity contribution in [2.45, 2.75) is 0 Å². The van der Waals surface area contributed by atoms with E-state index in [1.807, 2.05) is 0 Å². The zero-order chi connectivity index (χ0) is 9.26. The minimum absolute atomic E-state index is 0.338. The second kappa shape index (κ2) is 2.81. The average Bonchev–Trinajstić information content (AvgIpc) is 2.60. The average molecular weight is 178 g/mol. The summed E-state index contributed by atoms with van der Waals surface area (Å²) in [6.07, 6.45) is 4.22. The molecular formula is C7H6N4O2. The molecule has 0 bridgehead atoms. The molecule has 0 radical (unpaired) electrons. The maximum atomic E-state index is 11.2. The topological polar surface area (TPSA) is 69.4 Å². The first-order valence-electron chi connectivity index (χ1n) is 3.54. The van der Waals surface area contributed by atoms with Crippen molar-refractivity contribution < 1.29 is 9.53 Å². The van der Waals surface area contributed by atoms with E-state index in [1.165, 1.54) is 30.5 Å². The first-order valence-corrected chi connectivity index (χ1v) is 3.54. The van der Waals surface area contributed by atoms with Crippen molar-refractivity contribution in [2.75, 3.05) is 7.11 Å². The van der Waals surface area contributed by atoms with Crippen LogP contribution >= 0.6 is 0 Å². The van der Waals surface area contributed by atoms with E-state index in [4.69, 9.17) is 0 Å². The molecule has 0 N–H and O–H groups in total. The van der Waals surface area contributed by atoms with Crippen molar-refractivity contribution in [2.24, 2.45) is 0 Å². The predicted octanol–water partition coefficient (Wildman–Crippen LogP) is -0.0891. The molecule has 0 aliphatic rings. The molecule has 0 fully saturated rings. The van der Waals surface area contributed by atoms with Crippen molar-refractivity contribution in [3.8, 4) is 0 Å². The smallest absolute Gasteiger partial charge is 0.343 e. The van der Waals surface area contributed by atoms with Gasteiger partial charge in [0.15, 0.2) is 5.65 Å². The van der Waals surface area contributed by atoms with Crippen molar-refractivity contribution in [1.82, 2.24) is 19.6 Å². The summed E-state index contributed by atoms with van der Waals surface area (Å²) in [6, 6.07) is 0. The number of esters is 1. The summed E-state index contributed by atoms with van der Waals surface area (Å²) in [4.78, 5) is 18.8. The van der Waals surface area contributed by atoms with Gasteiger partial charge in [-0.15, -0.1) is 0 Å². The third-order valence-electron chi connectivity index (χ3n) is 1.60. The molecule has 66 valence electrons. The number of hydrogen-bond acceptors (Lipinski definition) is 5. The quantitative estimate of drug-likeness (QED) is 0.571. The van der Waals surface area contributed by atoms with Crippen molar-refractivity contribution in [3.63, 3.8) is 0 Å². The third-order valence-corrected chi connectivity index (χ3v) is 1.60. The normalized spacial score (nSPS) is 10.2. The van der Waals surface area contributed by atoms with Crippen molar-refractivity contribution in [1.29, 1.82) is 0 Å². The number of aromatic nitrogens is 4. The molecule has 13 heavy (non-hydrogen) atoms. The fourth-order valence-corrected chi connectivity index (χ4v) is 1.00. The van der Waals surface area contributed by atoms with E-state index >= 15 is 0 Å². The molecule has 2 rings (SSSR count). The van der Waals surface area contributed by atoms with E-state index in [0.717, 1.165) is 0 Å². The van der Waals surface area contributed by atoms with Crippen LogP contribution in [0.3, 0.4) is 0 Å². The zero-order valence-corrected chi connectivity index (χ0v) is 6.84. The second-order valence-electron chi connectivity index (χ2n) is 2.33. The highest BCUT2D eigenvalue weighted by atomic mass is 16.5. The molecule has 2 aromatic rings. The largest absolute Gasteiger partial charge is 0.465 e. The molecule has 0 aliphatic heterocycles. The van der Waals surface area contributed by atoms with E-state index in [2.05, 4.69) is 19.8 Å². The highest BCUT2D eigenvalue weighted by Crippen LogP contribution is 2.06. The van der Waals surface area contributed by atoms with Gasteiger partial charge in [0.25, 0.3) is 0 Å². The van der Waals surface area contributed by atoms with Gasteiger partial charge >= 0.3 is 5.97 Å². The van der Waals surface area contributed by atoms with Crippen molar-refractivity contribution in [3.05, 3.63) is 24.4 Å². The summed E-state index contributed by atoms with van der Waals surface area (Å²) in [7, 11) is 1.31. The molecular weight excluding hydrogens is 172 g/mol. The van der Waals surface area contributed by atoms with Gasteiger partial charge in [-0.25, -0.2) is 19.3 Å². The van der Waals surface area contributed by atoms with Gasteiger partial charge in [0.2, 0.25) is 0 Å². The molecule has 0 unspecified atom stereocenters. The molecule has 2 aromatic heterocycles. The van der Waals surface area contributed by atoms with Crippen LogP contribution in [-0.4, -0.2) is 32.7 Å². The summed E-state index contributed by atoms with van der Waals surface area (Å²) in [5.41, 5.74) is 0.784. The Bertz CT molecular complexity index is 450. The molecule has 0 amide bonds. The van der Waals surface area contributed by atoms with Gasteiger partial charge in [0, 0.05) is 0 Å².